The van der Waals surface area contributed by atoms with Gasteiger partial charge in [-0.05, 0) is 43.1 Å². The first-order valence-electron chi connectivity index (χ1n) is 6.91. The van der Waals surface area contributed by atoms with Crippen molar-refractivity contribution < 1.29 is 13.2 Å². The largest absolute Gasteiger partial charge is 0.418 e. The third-order valence-electron chi connectivity index (χ3n) is 3.93. The van der Waals surface area contributed by atoms with Crippen LogP contribution in [-0.2, 0) is 6.18 Å². The quantitative estimate of drug-likeness (QED) is 0.491. The fourth-order valence-electron chi connectivity index (χ4n) is 2.77. The van der Waals surface area contributed by atoms with Crippen LogP contribution in [0.5, 0.6) is 0 Å². The molecule has 1 aromatic rings. The number of alkyl halides is 3. The second kappa shape index (κ2) is 5.72. The lowest BCUT2D eigenvalue weighted by Gasteiger charge is -2.31. The lowest BCUT2D eigenvalue weighted by molar-refractivity contribution is -0.136. The fraction of sp³-hybridized carbons (Fsp3) is 0.333. The van der Waals surface area contributed by atoms with Crippen molar-refractivity contribution in [3.8, 4) is 0 Å². The average Bonchev–Trinajstić information content (AvgIpc) is 2.80. The maximum absolute atomic E-state index is 12.9. The number of fused-ring (bicyclic) bond motifs is 1. The Bertz CT molecular complexity index is 652. The summed E-state index contributed by atoms with van der Waals surface area (Å²) in [5, 5.41) is 6.80. The first-order chi connectivity index (χ1) is 10.4. The van der Waals surface area contributed by atoms with E-state index in [1.54, 1.807) is 0 Å². The minimum Gasteiger partial charge on any atom is -0.331 e. The van der Waals surface area contributed by atoms with Crippen LogP contribution in [0, 0.1) is 11.8 Å². The number of para-hydroxylation sites is 1. The predicted octanol–water partition coefficient (Wildman–Crippen LogP) is 3.94. The molecule has 0 amide bonds. The van der Waals surface area contributed by atoms with E-state index in [0.29, 0.717) is 11.8 Å². The predicted molar refractivity (Wildman–Crippen MR) is 83.6 cm³/mol. The highest BCUT2D eigenvalue weighted by Crippen LogP contribution is 2.40. The monoisotopic (exact) mass is 325 g/mol. The number of allylic oxidation sites excluding steroid dienone is 2. The third-order valence-corrected chi connectivity index (χ3v) is 4.12. The fourth-order valence-corrected chi connectivity index (χ4v) is 2.93. The van der Waals surface area contributed by atoms with Crippen LogP contribution in [0.4, 0.5) is 18.9 Å². The van der Waals surface area contributed by atoms with Crippen molar-refractivity contribution in [3.05, 3.63) is 42.0 Å². The first-order valence-corrected chi connectivity index (χ1v) is 7.32. The van der Waals surface area contributed by atoms with Gasteiger partial charge in [-0.1, -0.05) is 24.3 Å². The number of anilines is 1. The molecule has 1 aromatic carbocycles. The van der Waals surface area contributed by atoms with E-state index in [4.69, 9.17) is 12.2 Å². The smallest absolute Gasteiger partial charge is 0.331 e. The summed E-state index contributed by atoms with van der Waals surface area (Å²) in [7, 11) is 0. The number of halogens is 3. The van der Waals surface area contributed by atoms with Crippen molar-refractivity contribution in [2.45, 2.75) is 19.0 Å². The topological polar surface area (TPSA) is 36.4 Å². The van der Waals surface area contributed by atoms with Gasteiger partial charge in [0, 0.05) is 11.6 Å². The minimum absolute atomic E-state index is 0.0506. The molecule has 2 atom stereocenters. The lowest BCUT2D eigenvalue weighted by atomic mass is 9.74. The van der Waals surface area contributed by atoms with Gasteiger partial charge in [-0.15, -0.1) is 0 Å². The SMILES string of the molecule is FC(F)(F)c1ccccc1NC(=S)N/N=C1/C[C@@H]2CC=C[C@@H]12. The summed E-state index contributed by atoms with van der Waals surface area (Å²) in [5.41, 5.74) is 2.79. The van der Waals surface area contributed by atoms with Crippen molar-refractivity contribution in [3.63, 3.8) is 0 Å². The Hall–Kier alpha value is -1.89. The lowest BCUT2D eigenvalue weighted by Crippen LogP contribution is -2.36. The molecule has 0 aromatic heterocycles. The molecule has 3 rings (SSSR count). The second-order valence-corrected chi connectivity index (χ2v) is 5.77. The molecule has 7 heteroatoms. The molecule has 116 valence electrons. The van der Waals surface area contributed by atoms with E-state index >= 15 is 0 Å². The highest BCUT2D eigenvalue weighted by Gasteiger charge is 2.38. The summed E-state index contributed by atoms with van der Waals surface area (Å²) < 4.78 is 38.7. The van der Waals surface area contributed by atoms with Crippen LogP contribution >= 0.6 is 12.2 Å². The molecule has 1 fully saturated rings. The summed E-state index contributed by atoms with van der Waals surface area (Å²) in [6.45, 7) is 0. The van der Waals surface area contributed by atoms with Gasteiger partial charge in [0.2, 0.25) is 0 Å². The molecule has 3 nitrogen and oxygen atoms in total. The third kappa shape index (κ3) is 2.99. The van der Waals surface area contributed by atoms with E-state index in [9.17, 15) is 13.2 Å². The summed E-state index contributed by atoms with van der Waals surface area (Å²) >= 11 is 5.01. The summed E-state index contributed by atoms with van der Waals surface area (Å²) in [4.78, 5) is 0. The number of nitrogens with one attached hydrogen (secondary N) is 2. The van der Waals surface area contributed by atoms with Crippen molar-refractivity contribution in [2.24, 2.45) is 16.9 Å². The number of rotatable bonds is 2. The molecule has 0 bridgehead atoms. The Morgan fingerprint density at radius 1 is 1.27 bits per heavy atom. The molecule has 0 radical (unpaired) electrons. The number of thiocarbonyl (C=S) groups is 1. The van der Waals surface area contributed by atoms with Crippen molar-refractivity contribution in [1.82, 2.24) is 5.43 Å². The van der Waals surface area contributed by atoms with Crippen LogP contribution in [0.1, 0.15) is 18.4 Å². The summed E-state index contributed by atoms with van der Waals surface area (Å²) in [6, 6.07) is 5.21. The minimum atomic E-state index is -4.43. The Labute approximate surface area is 131 Å². The van der Waals surface area contributed by atoms with E-state index < -0.39 is 11.7 Å². The molecular weight excluding hydrogens is 311 g/mol. The van der Waals surface area contributed by atoms with Gasteiger partial charge in [0.15, 0.2) is 5.11 Å². The number of hydrogen-bond donors (Lipinski definition) is 2. The van der Waals surface area contributed by atoms with Gasteiger partial charge >= 0.3 is 6.18 Å². The molecular formula is C15H14F3N3S. The second-order valence-electron chi connectivity index (χ2n) is 5.37. The molecule has 0 aliphatic heterocycles. The maximum atomic E-state index is 12.9. The molecule has 2 aliphatic rings. The molecule has 22 heavy (non-hydrogen) atoms. The van der Waals surface area contributed by atoms with Gasteiger partial charge in [0.05, 0.1) is 11.3 Å². The summed E-state index contributed by atoms with van der Waals surface area (Å²) in [6.07, 6.45) is 1.80. The van der Waals surface area contributed by atoms with Crippen molar-refractivity contribution in [1.29, 1.82) is 0 Å². The molecule has 0 heterocycles. The van der Waals surface area contributed by atoms with Gasteiger partial charge in [0.25, 0.3) is 0 Å². The maximum Gasteiger partial charge on any atom is 0.418 e. The van der Waals surface area contributed by atoms with E-state index in [1.807, 2.05) is 0 Å². The molecule has 1 saturated carbocycles. The van der Waals surface area contributed by atoms with Crippen LogP contribution in [0.25, 0.3) is 0 Å². The molecule has 0 unspecified atom stereocenters. The van der Waals surface area contributed by atoms with E-state index in [2.05, 4.69) is 28.0 Å². The zero-order valence-electron chi connectivity index (χ0n) is 11.5. The van der Waals surface area contributed by atoms with Gasteiger partial charge in [-0.2, -0.15) is 18.3 Å². The van der Waals surface area contributed by atoms with E-state index in [1.165, 1.54) is 18.2 Å². The highest BCUT2D eigenvalue weighted by atomic mass is 32.1. The first kappa shape index (κ1) is 15.0. The zero-order valence-corrected chi connectivity index (χ0v) is 12.3. The Balaban J connectivity index is 1.63. The standard InChI is InChI=1S/C15H14F3N3S/c16-15(17,18)11-6-1-2-7-12(11)19-14(22)21-20-13-8-9-4-3-5-10(9)13/h1-3,5-7,9-10H,4,8H2,(H2,19,21,22)/b20-13-/t9-,10+/m0/s1. The number of hydrogen-bond acceptors (Lipinski definition) is 2. The molecule has 0 spiro atoms. The van der Waals surface area contributed by atoms with Crippen LogP contribution in [0.3, 0.4) is 0 Å². The Kier molecular flexibility index (Phi) is 3.90. The zero-order chi connectivity index (χ0) is 15.7. The highest BCUT2D eigenvalue weighted by molar-refractivity contribution is 7.80. The van der Waals surface area contributed by atoms with Gasteiger partial charge in [-0.3, -0.25) is 5.43 Å². The molecule has 2 aliphatic carbocycles. The molecule has 2 N–H and O–H groups in total. The Morgan fingerprint density at radius 3 is 2.77 bits per heavy atom. The van der Waals surface area contributed by atoms with Crippen molar-refractivity contribution in [2.75, 3.05) is 5.32 Å². The van der Waals surface area contributed by atoms with Crippen LogP contribution in [-0.4, -0.2) is 10.8 Å². The molecule has 0 saturated heterocycles. The van der Waals surface area contributed by atoms with Crippen molar-refractivity contribution >= 4 is 28.7 Å². The number of hydrazone groups is 1. The van der Waals surface area contributed by atoms with E-state index in [0.717, 1.165) is 24.6 Å². The van der Waals surface area contributed by atoms with Crippen LogP contribution < -0.4 is 10.7 Å². The van der Waals surface area contributed by atoms with Gasteiger partial charge < -0.3 is 5.32 Å². The Morgan fingerprint density at radius 2 is 2.05 bits per heavy atom. The summed E-state index contributed by atoms with van der Waals surface area (Å²) in [5.74, 6) is 0.991. The van der Waals surface area contributed by atoms with Crippen LogP contribution in [0.15, 0.2) is 41.5 Å². The van der Waals surface area contributed by atoms with Gasteiger partial charge in [0.1, 0.15) is 0 Å². The van der Waals surface area contributed by atoms with E-state index in [-0.39, 0.29) is 10.8 Å². The van der Waals surface area contributed by atoms with Crippen LogP contribution in [0.2, 0.25) is 0 Å². The normalized spacial score (nSPS) is 24.8. The number of benzene rings is 1. The number of nitrogens with zero attached hydrogens (tertiary/aromatic N) is 1. The average molecular weight is 325 g/mol. The van der Waals surface area contributed by atoms with Gasteiger partial charge in [-0.25, -0.2) is 0 Å².